The van der Waals surface area contributed by atoms with E-state index in [1.165, 1.54) is 68.3 Å². The highest BCUT2D eigenvalue weighted by molar-refractivity contribution is 5.69. The van der Waals surface area contributed by atoms with Crippen LogP contribution < -0.4 is 10.6 Å². The minimum atomic E-state index is 0.837. The second-order valence-corrected chi connectivity index (χ2v) is 7.52. The summed E-state index contributed by atoms with van der Waals surface area (Å²) in [6.07, 6.45) is 10.0. The average Bonchev–Trinajstić information content (AvgIpc) is 2.67. The Balaban J connectivity index is 1.92. The van der Waals surface area contributed by atoms with Gasteiger partial charge in [0.25, 0.3) is 0 Å². The molecule has 1 heterocycles. The molecule has 0 aromatic heterocycles. The first-order valence-corrected chi connectivity index (χ1v) is 10.4. The van der Waals surface area contributed by atoms with E-state index in [1.807, 2.05) is 0 Å². The van der Waals surface area contributed by atoms with E-state index in [0.717, 1.165) is 24.9 Å². The van der Waals surface area contributed by atoms with Crippen molar-refractivity contribution in [1.82, 2.24) is 10.6 Å². The van der Waals surface area contributed by atoms with E-state index >= 15 is 0 Å². The lowest BCUT2D eigenvalue weighted by atomic mass is 9.91. The number of aryl methyl sites for hydroxylation is 1. The van der Waals surface area contributed by atoms with Gasteiger partial charge in [-0.15, -0.1) is 0 Å². The van der Waals surface area contributed by atoms with Crippen molar-refractivity contribution in [3.05, 3.63) is 41.5 Å². The van der Waals surface area contributed by atoms with Crippen molar-refractivity contribution in [2.45, 2.75) is 59.3 Å². The third kappa shape index (κ3) is 6.60. The highest BCUT2D eigenvalue weighted by Gasteiger charge is 2.13. The molecular formula is C23H38N2. The van der Waals surface area contributed by atoms with Gasteiger partial charge in [0.15, 0.2) is 0 Å². The molecule has 0 unspecified atom stereocenters. The largest absolute Gasteiger partial charge is 0.317 e. The first-order chi connectivity index (χ1) is 12.3. The maximum atomic E-state index is 3.72. The molecule has 25 heavy (non-hydrogen) atoms. The van der Waals surface area contributed by atoms with Crippen LogP contribution in [0.25, 0.3) is 5.57 Å². The molecule has 0 amide bonds. The zero-order chi connectivity index (χ0) is 17.9. The van der Waals surface area contributed by atoms with Gasteiger partial charge in [0.2, 0.25) is 0 Å². The molecule has 2 nitrogen and oxygen atoms in total. The van der Waals surface area contributed by atoms with Crippen LogP contribution in [0.3, 0.4) is 0 Å². The minimum absolute atomic E-state index is 0.837. The number of allylic oxidation sites excluding steroid dienone is 1. The molecule has 1 aliphatic heterocycles. The van der Waals surface area contributed by atoms with Crippen LogP contribution in [0, 0.1) is 11.8 Å². The topological polar surface area (TPSA) is 24.1 Å². The van der Waals surface area contributed by atoms with Crippen LogP contribution in [0.15, 0.2) is 30.3 Å². The third-order valence-electron chi connectivity index (χ3n) is 5.90. The summed E-state index contributed by atoms with van der Waals surface area (Å²) in [5.74, 6) is 1.70. The molecule has 1 fully saturated rings. The van der Waals surface area contributed by atoms with Crippen LogP contribution >= 0.6 is 0 Å². The lowest BCUT2D eigenvalue weighted by molar-refractivity contribution is 0.362. The second kappa shape index (κ2) is 11.5. The quantitative estimate of drug-likeness (QED) is 0.622. The van der Waals surface area contributed by atoms with Gasteiger partial charge >= 0.3 is 0 Å². The van der Waals surface area contributed by atoms with Crippen molar-refractivity contribution >= 4 is 5.57 Å². The Morgan fingerprint density at radius 1 is 1.20 bits per heavy atom. The van der Waals surface area contributed by atoms with Crippen LogP contribution in [0.2, 0.25) is 0 Å². The summed E-state index contributed by atoms with van der Waals surface area (Å²) < 4.78 is 0. The van der Waals surface area contributed by atoms with E-state index in [4.69, 9.17) is 0 Å². The highest BCUT2D eigenvalue weighted by Crippen LogP contribution is 2.23. The van der Waals surface area contributed by atoms with E-state index in [-0.39, 0.29) is 0 Å². The molecule has 2 rings (SSSR count). The van der Waals surface area contributed by atoms with Gasteiger partial charge in [-0.1, -0.05) is 57.0 Å². The number of nitrogens with one attached hydrogen (secondary N) is 2. The summed E-state index contributed by atoms with van der Waals surface area (Å²) in [7, 11) is 0. The van der Waals surface area contributed by atoms with Gasteiger partial charge in [0, 0.05) is 6.54 Å². The number of hydrogen-bond donors (Lipinski definition) is 2. The molecule has 0 atom stereocenters. The van der Waals surface area contributed by atoms with Crippen LogP contribution in [0.4, 0.5) is 0 Å². The molecule has 0 saturated carbocycles. The predicted molar refractivity (Wildman–Crippen MR) is 111 cm³/mol. The Bertz CT molecular complexity index is 511. The SMILES string of the molecule is C/C=C(/CNCC1CCNCC1)c1ccccc1CCC(CC)CC. The number of hydrogen-bond acceptors (Lipinski definition) is 2. The molecule has 1 aliphatic rings. The van der Waals surface area contributed by atoms with Crippen molar-refractivity contribution in [2.75, 3.05) is 26.2 Å². The third-order valence-corrected chi connectivity index (χ3v) is 5.90. The van der Waals surface area contributed by atoms with Gasteiger partial charge in [0.05, 0.1) is 0 Å². The van der Waals surface area contributed by atoms with Crippen LogP contribution in [0.1, 0.15) is 64.0 Å². The maximum Gasteiger partial charge on any atom is 0.0208 e. The number of piperidine rings is 1. The van der Waals surface area contributed by atoms with E-state index in [2.05, 4.69) is 61.7 Å². The first-order valence-electron chi connectivity index (χ1n) is 10.4. The van der Waals surface area contributed by atoms with Crippen molar-refractivity contribution in [2.24, 2.45) is 11.8 Å². The second-order valence-electron chi connectivity index (χ2n) is 7.52. The molecule has 1 aromatic rings. The molecule has 0 bridgehead atoms. The Morgan fingerprint density at radius 2 is 1.92 bits per heavy atom. The van der Waals surface area contributed by atoms with E-state index < -0.39 is 0 Å². The standard InChI is InChI=1S/C23H38N2/c1-4-19(5-2)11-12-22-9-7-8-10-23(22)21(6-3)18-25-17-20-13-15-24-16-14-20/h6-10,19-20,24-25H,4-5,11-18H2,1-3H3/b21-6-. The summed E-state index contributed by atoms with van der Waals surface area (Å²) in [6, 6.07) is 9.02. The lowest BCUT2D eigenvalue weighted by Crippen LogP contribution is -2.34. The zero-order valence-corrected chi connectivity index (χ0v) is 16.6. The molecule has 0 radical (unpaired) electrons. The molecule has 1 saturated heterocycles. The minimum Gasteiger partial charge on any atom is -0.317 e. The normalized spacial score (nSPS) is 16.6. The highest BCUT2D eigenvalue weighted by atomic mass is 14.9. The summed E-state index contributed by atoms with van der Waals surface area (Å²) in [5.41, 5.74) is 4.43. The van der Waals surface area contributed by atoms with E-state index in [0.29, 0.717) is 0 Å². The van der Waals surface area contributed by atoms with Crippen molar-refractivity contribution < 1.29 is 0 Å². The van der Waals surface area contributed by atoms with Gasteiger partial charge in [0.1, 0.15) is 0 Å². The molecular weight excluding hydrogens is 304 g/mol. The number of rotatable bonds is 10. The Morgan fingerprint density at radius 3 is 2.60 bits per heavy atom. The summed E-state index contributed by atoms with van der Waals surface area (Å²) in [5, 5.41) is 7.17. The Kier molecular flexibility index (Phi) is 9.28. The van der Waals surface area contributed by atoms with Gasteiger partial charge in [-0.3, -0.25) is 0 Å². The van der Waals surface area contributed by atoms with Crippen molar-refractivity contribution in [3.8, 4) is 0 Å². The average molecular weight is 343 g/mol. The molecule has 0 aliphatic carbocycles. The Labute approximate surface area is 155 Å². The summed E-state index contributed by atoms with van der Waals surface area (Å²) in [4.78, 5) is 0. The Hall–Kier alpha value is -1.12. The number of benzene rings is 1. The fraction of sp³-hybridized carbons (Fsp3) is 0.652. The molecule has 140 valence electrons. The molecule has 2 heteroatoms. The van der Waals surface area contributed by atoms with Crippen molar-refractivity contribution in [1.29, 1.82) is 0 Å². The fourth-order valence-electron chi connectivity index (χ4n) is 3.96. The van der Waals surface area contributed by atoms with Gasteiger partial charge in [-0.25, -0.2) is 0 Å². The van der Waals surface area contributed by atoms with Gasteiger partial charge < -0.3 is 10.6 Å². The maximum absolute atomic E-state index is 3.72. The lowest BCUT2D eigenvalue weighted by Gasteiger charge is -2.23. The fourth-order valence-corrected chi connectivity index (χ4v) is 3.96. The van der Waals surface area contributed by atoms with E-state index in [1.54, 1.807) is 0 Å². The summed E-state index contributed by atoms with van der Waals surface area (Å²) in [6.45, 7) is 11.3. The van der Waals surface area contributed by atoms with Crippen LogP contribution in [-0.4, -0.2) is 26.2 Å². The predicted octanol–water partition coefficient (Wildman–Crippen LogP) is 5.05. The molecule has 2 N–H and O–H groups in total. The van der Waals surface area contributed by atoms with Gasteiger partial charge in [-0.2, -0.15) is 0 Å². The summed E-state index contributed by atoms with van der Waals surface area (Å²) >= 11 is 0. The molecule has 1 aromatic carbocycles. The van der Waals surface area contributed by atoms with E-state index in [9.17, 15) is 0 Å². The first kappa shape index (κ1) is 20.2. The molecule has 0 spiro atoms. The van der Waals surface area contributed by atoms with Crippen LogP contribution in [0.5, 0.6) is 0 Å². The zero-order valence-electron chi connectivity index (χ0n) is 16.6. The van der Waals surface area contributed by atoms with Crippen LogP contribution in [-0.2, 0) is 6.42 Å². The van der Waals surface area contributed by atoms with Gasteiger partial charge in [-0.05, 0) is 80.8 Å². The monoisotopic (exact) mass is 342 g/mol. The van der Waals surface area contributed by atoms with Crippen molar-refractivity contribution in [3.63, 3.8) is 0 Å². The smallest absolute Gasteiger partial charge is 0.0208 e.